The number of halogens is 1. The molecule has 0 saturated heterocycles. The minimum absolute atomic E-state index is 0.129. The molecule has 0 aliphatic heterocycles. The fraction of sp³-hybridized carbons (Fsp3) is 0.211. The molecule has 0 saturated carbocycles. The quantitative estimate of drug-likeness (QED) is 0.437. The Balaban J connectivity index is 1.66. The van der Waals surface area contributed by atoms with Gasteiger partial charge in [0.1, 0.15) is 5.82 Å². The summed E-state index contributed by atoms with van der Waals surface area (Å²) >= 11 is 1.27. The number of aromatic nitrogens is 3. The lowest BCUT2D eigenvalue weighted by atomic mass is 10.2. The molecule has 6 nitrogen and oxygen atoms in total. The number of amides is 1. The largest absolute Gasteiger partial charge is 0.461 e. The summed E-state index contributed by atoms with van der Waals surface area (Å²) in [6.45, 7) is 4.45. The van der Waals surface area contributed by atoms with Crippen LogP contribution in [0.15, 0.2) is 64.9 Å². The molecule has 0 spiro atoms. The predicted octanol–water partition coefficient (Wildman–Crippen LogP) is 3.61. The highest BCUT2D eigenvalue weighted by Crippen LogP contribution is 2.24. The van der Waals surface area contributed by atoms with Gasteiger partial charge in [-0.15, -0.1) is 16.8 Å². The molecule has 0 bridgehead atoms. The van der Waals surface area contributed by atoms with Gasteiger partial charge < -0.3 is 9.32 Å². The average Bonchev–Trinajstić information content (AvgIpc) is 3.31. The van der Waals surface area contributed by atoms with Crippen LogP contribution in [0.25, 0.3) is 11.6 Å². The maximum absolute atomic E-state index is 13.8. The number of carbonyl (C=O) groups excluding carboxylic acids is 1. The van der Waals surface area contributed by atoms with Crippen molar-refractivity contribution in [3.05, 3.63) is 66.7 Å². The topological polar surface area (TPSA) is 64.2 Å². The van der Waals surface area contributed by atoms with E-state index in [0.29, 0.717) is 28.8 Å². The lowest BCUT2D eigenvalue weighted by molar-refractivity contribution is -0.127. The molecule has 0 atom stereocenters. The van der Waals surface area contributed by atoms with Gasteiger partial charge in [-0.1, -0.05) is 36.0 Å². The van der Waals surface area contributed by atoms with Crippen LogP contribution in [-0.2, 0) is 17.9 Å². The number of nitrogens with zero attached hydrogens (tertiary/aromatic N) is 4. The van der Waals surface area contributed by atoms with E-state index >= 15 is 0 Å². The zero-order valence-corrected chi connectivity index (χ0v) is 15.7. The van der Waals surface area contributed by atoms with Crippen LogP contribution in [0.3, 0.4) is 0 Å². The molecular weight excluding hydrogens is 367 g/mol. The molecule has 2 heterocycles. The van der Waals surface area contributed by atoms with E-state index in [1.807, 2.05) is 4.57 Å². The van der Waals surface area contributed by atoms with Gasteiger partial charge in [-0.25, -0.2) is 4.39 Å². The SMILES string of the molecule is C=CCn1c(SCC(=O)N(C)Cc2ccccc2F)nnc1-c1ccco1. The van der Waals surface area contributed by atoms with Crippen LogP contribution >= 0.6 is 11.8 Å². The van der Waals surface area contributed by atoms with Crippen molar-refractivity contribution in [2.75, 3.05) is 12.8 Å². The second kappa shape index (κ2) is 8.68. The van der Waals surface area contributed by atoms with Crippen molar-refractivity contribution in [1.82, 2.24) is 19.7 Å². The van der Waals surface area contributed by atoms with Crippen molar-refractivity contribution >= 4 is 17.7 Å². The van der Waals surface area contributed by atoms with E-state index in [4.69, 9.17) is 4.42 Å². The first-order chi connectivity index (χ1) is 13.1. The molecule has 0 fully saturated rings. The van der Waals surface area contributed by atoms with Crippen molar-refractivity contribution in [2.24, 2.45) is 0 Å². The molecular formula is C19H19FN4O2S. The van der Waals surface area contributed by atoms with Crippen LogP contribution < -0.4 is 0 Å². The number of carbonyl (C=O) groups is 1. The first-order valence-corrected chi connectivity index (χ1v) is 9.27. The van der Waals surface area contributed by atoms with E-state index in [9.17, 15) is 9.18 Å². The van der Waals surface area contributed by atoms with E-state index in [0.717, 1.165) is 0 Å². The van der Waals surface area contributed by atoms with Gasteiger partial charge in [-0.3, -0.25) is 9.36 Å². The van der Waals surface area contributed by atoms with Crippen LogP contribution in [0.5, 0.6) is 0 Å². The highest BCUT2D eigenvalue weighted by Gasteiger charge is 2.18. The van der Waals surface area contributed by atoms with E-state index in [1.54, 1.807) is 49.7 Å². The molecule has 3 rings (SSSR count). The molecule has 1 amide bonds. The van der Waals surface area contributed by atoms with E-state index in [2.05, 4.69) is 16.8 Å². The van der Waals surface area contributed by atoms with E-state index in [-0.39, 0.29) is 24.0 Å². The molecule has 8 heteroatoms. The number of thioether (sulfide) groups is 1. The molecule has 0 aliphatic carbocycles. The van der Waals surface area contributed by atoms with Gasteiger partial charge in [0.2, 0.25) is 11.7 Å². The number of hydrogen-bond acceptors (Lipinski definition) is 5. The van der Waals surface area contributed by atoms with Crippen molar-refractivity contribution in [1.29, 1.82) is 0 Å². The molecule has 0 aliphatic rings. The number of hydrogen-bond donors (Lipinski definition) is 0. The number of benzene rings is 1. The van der Waals surface area contributed by atoms with Crippen molar-refractivity contribution in [2.45, 2.75) is 18.2 Å². The summed E-state index contributed by atoms with van der Waals surface area (Å²) < 4.78 is 21.0. The third-order valence-corrected chi connectivity index (χ3v) is 4.84. The Labute approximate surface area is 160 Å². The van der Waals surface area contributed by atoms with E-state index in [1.165, 1.54) is 22.7 Å². The summed E-state index contributed by atoms with van der Waals surface area (Å²) in [4.78, 5) is 13.9. The van der Waals surface area contributed by atoms with Crippen LogP contribution in [0, 0.1) is 5.82 Å². The zero-order valence-electron chi connectivity index (χ0n) is 14.8. The van der Waals surface area contributed by atoms with Gasteiger partial charge in [-0.05, 0) is 18.2 Å². The Morgan fingerprint density at radius 3 is 2.85 bits per heavy atom. The second-order valence-corrected chi connectivity index (χ2v) is 6.76. The Kier molecular flexibility index (Phi) is 6.08. The highest BCUT2D eigenvalue weighted by atomic mass is 32.2. The van der Waals surface area contributed by atoms with Crippen molar-refractivity contribution < 1.29 is 13.6 Å². The summed E-state index contributed by atoms with van der Waals surface area (Å²) in [5.41, 5.74) is 0.480. The standard InChI is InChI=1S/C19H19FN4O2S/c1-3-10-24-18(16-9-6-11-26-16)21-22-19(24)27-13-17(25)23(2)12-14-7-4-5-8-15(14)20/h3-9,11H,1,10,12-13H2,2H3. The van der Waals surface area contributed by atoms with Gasteiger partial charge in [0, 0.05) is 25.7 Å². The Hall–Kier alpha value is -2.87. The molecule has 3 aromatic rings. The Morgan fingerprint density at radius 1 is 1.33 bits per heavy atom. The maximum atomic E-state index is 13.8. The number of allylic oxidation sites excluding steroid dienone is 1. The summed E-state index contributed by atoms with van der Waals surface area (Å²) in [6.07, 6.45) is 3.29. The molecule has 140 valence electrons. The van der Waals surface area contributed by atoms with Gasteiger partial charge in [0.05, 0.1) is 12.0 Å². The van der Waals surface area contributed by atoms with Gasteiger partial charge in [0.25, 0.3) is 0 Å². The predicted molar refractivity (Wildman–Crippen MR) is 102 cm³/mol. The van der Waals surface area contributed by atoms with Crippen LogP contribution in [0.4, 0.5) is 4.39 Å². The third kappa shape index (κ3) is 4.46. The Morgan fingerprint density at radius 2 is 2.15 bits per heavy atom. The second-order valence-electron chi connectivity index (χ2n) is 5.81. The third-order valence-electron chi connectivity index (χ3n) is 3.89. The molecule has 2 aromatic heterocycles. The van der Waals surface area contributed by atoms with Crippen LogP contribution in [0.1, 0.15) is 5.56 Å². The summed E-state index contributed by atoms with van der Waals surface area (Å²) in [7, 11) is 1.65. The number of furan rings is 1. The molecule has 27 heavy (non-hydrogen) atoms. The van der Waals surface area contributed by atoms with E-state index < -0.39 is 0 Å². The molecule has 0 radical (unpaired) electrons. The summed E-state index contributed by atoms with van der Waals surface area (Å²) in [6, 6.07) is 10.00. The van der Waals surface area contributed by atoms with Gasteiger partial charge in [-0.2, -0.15) is 0 Å². The maximum Gasteiger partial charge on any atom is 0.233 e. The summed E-state index contributed by atoms with van der Waals surface area (Å²) in [5, 5.41) is 8.90. The lowest BCUT2D eigenvalue weighted by Gasteiger charge is -2.17. The van der Waals surface area contributed by atoms with Crippen LogP contribution in [-0.4, -0.2) is 38.4 Å². The monoisotopic (exact) mass is 386 g/mol. The highest BCUT2D eigenvalue weighted by molar-refractivity contribution is 7.99. The summed E-state index contributed by atoms with van der Waals surface area (Å²) in [5.74, 6) is 0.890. The molecule has 0 N–H and O–H groups in total. The normalized spacial score (nSPS) is 10.7. The molecule has 0 unspecified atom stereocenters. The smallest absolute Gasteiger partial charge is 0.233 e. The average molecular weight is 386 g/mol. The minimum Gasteiger partial charge on any atom is -0.461 e. The van der Waals surface area contributed by atoms with Crippen LogP contribution in [0.2, 0.25) is 0 Å². The first kappa shape index (κ1) is 18.9. The fourth-order valence-electron chi connectivity index (χ4n) is 2.48. The lowest BCUT2D eigenvalue weighted by Crippen LogP contribution is -2.28. The van der Waals surface area contributed by atoms with Crippen molar-refractivity contribution in [3.8, 4) is 11.6 Å². The zero-order chi connectivity index (χ0) is 19.2. The van der Waals surface area contributed by atoms with Gasteiger partial charge >= 0.3 is 0 Å². The van der Waals surface area contributed by atoms with Crippen molar-refractivity contribution in [3.63, 3.8) is 0 Å². The Bertz CT molecular complexity index is 924. The minimum atomic E-state index is -0.321. The fourth-order valence-corrected chi connectivity index (χ4v) is 3.37. The molecule has 1 aromatic carbocycles. The van der Waals surface area contributed by atoms with Gasteiger partial charge in [0.15, 0.2) is 10.9 Å². The number of rotatable bonds is 8. The first-order valence-electron chi connectivity index (χ1n) is 8.28.